The predicted molar refractivity (Wildman–Crippen MR) is 65.3 cm³/mol. The van der Waals surface area contributed by atoms with E-state index in [-0.39, 0.29) is 19.3 Å². The topological polar surface area (TPSA) is 75.7 Å². The van der Waals surface area contributed by atoms with Crippen molar-refractivity contribution < 1.29 is 14.9 Å². The van der Waals surface area contributed by atoms with Crippen LogP contribution < -0.4 is 10.5 Å². The maximum atomic E-state index is 9.20. The van der Waals surface area contributed by atoms with Gasteiger partial charge in [0.05, 0.1) is 6.61 Å². The normalized spacial score (nSPS) is 14.6. The number of nitrogens with two attached hydrogens (primary N) is 1. The molecule has 0 aliphatic carbocycles. The van der Waals surface area contributed by atoms with Crippen LogP contribution in [0.3, 0.4) is 0 Å². The monoisotopic (exact) mass is 289 g/mol. The third-order valence-electron chi connectivity index (χ3n) is 2.11. The Morgan fingerprint density at radius 3 is 2.75 bits per heavy atom. The van der Waals surface area contributed by atoms with Crippen LogP contribution in [0.25, 0.3) is 0 Å². The summed E-state index contributed by atoms with van der Waals surface area (Å²) in [6.07, 6.45) is -0.875. The van der Waals surface area contributed by atoms with E-state index in [0.717, 1.165) is 10.0 Å². The molecule has 16 heavy (non-hydrogen) atoms. The van der Waals surface area contributed by atoms with E-state index in [9.17, 15) is 5.11 Å². The van der Waals surface area contributed by atoms with Crippen molar-refractivity contribution in [3.8, 4) is 5.75 Å². The van der Waals surface area contributed by atoms with Crippen LogP contribution in [-0.4, -0.2) is 29.5 Å². The first-order valence-corrected chi connectivity index (χ1v) is 5.80. The molecule has 90 valence electrons. The average molecular weight is 290 g/mol. The maximum Gasteiger partial charge on any atom is 0.125 e. The maximum absolute atomic E-state index is 9.20. The highest BCUT2D eigenvalue weighted by molar-refractivity contribution is 9.10. The summed E-state index contributed by atoms with van der Waals surface area (Å²) in [4.78, 5) is 0. The lowest BCUT2D eigenvalue weighted by Gasteiger charge is -2.16. The Morgan fingerprint density at radius 1 is 1.50 bits per heavy atom. The Labute approximate surface area is 103 Å². The van der Waals surface area contributed by atoms with Crippen molar-refractivity contribution >= 4 is 15.9 Å². The van der Waals surface area contributed by atoms with Crippen molar-refractivity contribution in [1.29, 1.82) is 0 Å². The van der Waals surface area contributed by atoms with Crippen LogP contribution >= 0.6 is 15.9 Å². The highest BCUT2D eigenvalue weighted by atomic mass is 79.9. The molecular formula is C11H16BrNO3. The molecule has 0 fully saturated rings. The van der Waals surface area contributed by atoms with Crippen molar-refractivity contribution in [2.24, 2.45) is 5.73 Å². The molecule has 0 heterocycles. The van der Waals surface area contributed by atoms with E-state index in [2.05, 4.69) is 15.9 Å². The van der Waals surface area contributed by atoms with E-state index in [1.807, 2.05) is 19.1 Å². The number of aliphatic hydroxyl groups excluding tert-OH is 2. The van der Waals surface area contributed by atoms with Gasteiger partial charge in [-0.2, -0.15) is 0 Å². The first-order valence-electron chi connectivity index (χ1n) is 5.01. The van der Waals surface area contributed by atoms with Crippen LogP contribution in [0.5, 0.6) is 5.75 Å². The molecule has 1 unspecified atom stereocenters. The SMILES string of the molecule is C[C@H](N)c1ccc(Br)cc1OCC(O)CO. The van der Waals surface area contributed by atoms with Gasteiger partial charge < -0.3 is 20.7 Å². The zero-order valence-corrected chi connectivity index (χ0v) is 10.6. The van der Waals surface area contributed by atoms with Crippen molar-refractivity contribution in [2.45, 2.75) is 19.1 Å². The lowest BCUT2D eigenvalue weighted by Crippen LogP contribution is -2.22. The summed E-state index contributed by atoms with van der Waals surface area (Å²) in [6.45, 7) is 1.59. The third-order valence-corrected chi connectivity index (χ3v) is 2.60. The summed E-state index contributed by atoms with van der Waals surface area (Å²) < 4.78 is 6.29. The van der Waals surface area contributed by atoms with E-state index in [1.54, 1.807) is 6.07 Å². The summed E-state index contributed by atoms with van der Waals surface area (Å²) >= 11 is 3.34. The van der Waals surface area contributed by atoms with Gasteiger partial charge in [-0.1, -0.05) is 22.0 Å². The van der Waals surface area contributed by atoms with Gasteiger partial charge >= 0.3 is 0 Å². The van der Waals surface area contributed by atoms with Gasteiger partial charge in [-0.15, -0.1) is 0 Å². The van der Waals surface area contributed by atoms with Crippen LogP contribution in [0.1, 0.15) is 18.5 Å². The molecule has 0 aliphatic heterocycles. The molecule has 1 aromatic rings. The molecule has 0 radical (unpaired) electrons. The molecule has 2 atom stereocenters. The first kappa shape index (κ1) is 13.4. The standard InChI is InChI=1S/C11H16BrNO3/c1-7(13)10-3-2-8(12)4-11(10)16-6-9(15)5-14/h2-4,7,9,14-15H,5-6,13H2,1H3/t7-,9?/m0/s1. The average Bonchev–Trinajstić information content (AvgIpc) is 2.25. The van der Waals surface area contributed by atoms with E-state index < -0.39 is 6.10 Å². The molecule has 0 saturated carbocycles. The predicted octanol–water partition coefficient (Wildman–Crippen LogP) is 1.20. The van der Waals surface area contributed by atoms with E-state index in [0.29, 0.717) is 5.75 Å². The van der Waals surface area contributed by atoms with Crippen LogP contribution in [-0.2, 0) is 0 Å². The van der Waals surface area contributed by atoms with E-state index in [1.165, 1.54) is 0 Å². The van der Waals surface area contributed by atoms with E-state index >= 15 is 0 Å². The quantitative estimate of drug-likeness (QED) is 0.761. The second-order valence-corrected chi connectivity index (χ2v) is 4.53. The lowest BCUT2D eigenvalue weighted by molar-refractivity contribution is 0.0532. The van der Waals surface area contributed by atoms with E-state index in [4.69, 9.17) is 15.6 Å². The molecule has 0 amide bonds. The first-order chi connectivity index (χ1) is 7.54. The number of ether oxygens (including phenoxy) is 1. The highest BCUT2D eigenvalue weighted by Crippen LogP contribution is 2.27. The van der Waals surface area contributed by atoms with Crippen molar-refractivity contribution in [2.75, 3.05) is 13.2 Å². The summed E-state index contributed by atoms with van der Waals surface area (Å²) in [6, 6.07) is 5.40. The Hall–Kier alpha value is -0.620. The second-order valence-electron chi connectivity index (χ2n) is 3.62. The minimum Gasteiger partial charge on any atom is -0.490 e. The van der Waals surface area contributed by atoms with Gasteiger partial charge in [0, 0.05) is 16.1 Å². The van der Waals surface area contributed by atoms with Gasteiger partial charge in [-0.3, -0.25) is 0 Å². The Morgan fingerprint density at radius 2 is 2.19 bits per heavy atom. The zero-order chi connectivity index (χ0) is 12.1. The van der Waals surface area contributed by atoms with Crippen molar-refractivity contribution in [3.63, 3.8) is 0 Å². The molecule has 1 aromatic carbocycles. The van der Waals surface area contributed by atoms with Gasteiger partial charge in [0.2, 0.25) is 0 Å². The molecule has 0 aromatic heterocycles. The van der Waals surface area contributed by atoms with Gasteiger partial charge in [0.15, 0.2) is 0 Å². The molecule has 0 aliphatic rings. The molecule has 0 bridgehead atoms. The van der Waals surface area contributed by atoms with Crippen LogP contribution in [0, 0.1) is 0 Å². The fourth-order valence-corrected chi connectivity index (χ4v) is 1.59. The van der Waals surface area contributed by atoms with Crippen molar-refractivity contribution in [1.82, 2.24) is 0 Å². The smallest absolute Gasteiger partial charge is 0.125 e. The molecule has 0 spiro atoms. The Balaban J connectivity index is 2.80. The summed E-state index contributed by atoms with van der Waals surface area (Å²) in [5.41, 5.74) is 6.67. The number of halogens is 1. The molecule has 5 heteroatoms. The summed E-state index contributed by atoms with van der Waals surface area (Å²) in [5, 5.41) is 17.9. The molecular weight excluding hydrogens is 274 g/mol. The molecule has 4 nitrogen and oxygen atoms in total. The Kier molecular flexibility index (Phi) is 5.21. The van der Waals surface area contributed by atoms with Crippen LogP contribution in [0.2, 0.25) is 0 Å². The summed E-state index contributed by atoms with van der Waals surface area (Å²) in [5.74, 6) is 0.622. The van der Waals surface area contributed by atoms with Gasteiger partial charge in [0.1, 0.15) is 18.5 Å². The zero-order valence-electron chi connectivity index (χ0n) is 9.06. The fraction of sp³-hybridized carbons (Fsp3) is 0.455. The molecule has 4 N–H and O–H groups in total. The summed E-state index contributed by atoms with van der Waals surface area (Å²) in [7, 11) is 0. The number of rotatable bonds is 5. The van der Waals surface area contributed by atoms with Crippen LogP contribution in [0.4, 0.5) is 0 Å². The third kappa shape index (κ3) is 3.75. The number of benzene rings is 1. The molecule has 1 rings (SSSR count). The lowest BCUT2D eigenvalue weighted by atomic mass is 10.1. The van der Waals surface area contributed by atoms with Crippen molar-refractivity contribution in [3.05, 3.63) is 28.2 Å². The Bertz CT molecular complexity index is 344. The number of aliphatic hydroxyl groups is 2. The minimum absolute atomic E-state index is 0.0483. The van der Waals surface area contributed by atoms with Gasteiger partial charge in [-0.25, -0.2) is 0 Å². The largest absolute Gasteiger partial charge is 0.490 e. The van der Waals surface area contributed by atoms with Crippen LogP contribution in [0.15, 0.2) is 22.7 Å². The molecule has 0 saturated heterocycles. The van der Waals surface area contributed by atoms with Gasteiger partial charge in [-0.05, 0) is 19.1 Å². The van der Waals surface area contributed by atoms with Gasteiger partial charge in [0.25, 0.3) is 0 Å². The minimum atomic E-state index is -0.875. The number of hydrogen-bond acceptors (Lipinski definition) is 4. The fourth-order valence-electron chi connectivity index (χ4n) is 1.25. The second kappa shape index (κ2) is 6.20. The number of hydrogen-bond donors (Lipinski definition) is 3. The highest BCUT2D eigenvalue weighted by Gasteiger charge is 2.10.